The number of amides is 1. The van der Waals surface area contributed by atoms with Gasteiger partial charge in [0.05, 0.1) is 0 Å². The van der Waals surface area contributed by atoms with Gasteiger partial charge in [0, 0.05) is 32.3 Å². The zero-order chi connectivity index (χ0) is 16.1. The molecular weight excluding hydrogens is 296 g/mol. The van der Waals surface area contributed by atoms with Crippen molar-refractivity contribution >= 4 is 17.7 Å². The maximum Gasteiger partial charge on any atom is 0.222 e. The summed E-state index contributed by atoms with van der Waals surface area (Å²) in [5.74, 6) is 2.92. The summed E-state index contributed by atoms with van der Waals surface area (Å²) >= 11 is 1.74. The highest BCUT2D eigenvalue weighted by molar-refractivity contribution is 7.99. The fraction of sp³-hybridized carbons (Fsp3) is 0.812. The molecule has 1 amide bonds. The highest BCUT2D eigenvalue weighted by atomic mass is 32.2. The Bertz CT molecular complexity index is 500. The second-order valence-corrected chi connectivity index (χ2v) is 7.63. The van der Waals surface area contributed by atoms with Gasteiger partial charge in [0.25, 0.3) is 0 Å². The maximum atomic E-state index is 11.6. The summed E-state index contributed by atoms with van der Waals surface area (Å²) in [6, 6.07) is 0.546. The summed E-state index contributed by atoms with van der Waals surface area (Å²) in [5, 5.41) is 9.65. The van der Waals surface area contributed by atoms with Gasteiger partial charge in [-0.2, -0.15) is 0 Å². The smallest absolute Gasteiger partial charge is 0.222 e. The molecule has 2 rings (SSSR count). The molecule has 0 unspecified atom stereocenters. The van der Waals surface area contributed by atoms with Crippen LogP contribution in [0.25, 0.3) is 0 Å². The normalized spacial score (nSPS) is 21.8. The molecule has 1 aliphatic carbocycles. The number of rotatable bonds is 6. The van der Waals surface area contributed by atoms with E-state index in [1.165, 1.54) is 25.7 Å². The van der Waals surface area contributed by atoms with Gasteiger partial charge in [-0.05, 0) is 32.1 Å². The summed E-state index contributed by atoms with van der Waals surface area (Å²) in [6.07, 6.45) is 6.58. The van der Waals surface area contributed by atoms with E-state index in [0.29, 0.717) is 12.5 Å². The molecule has 124 valence electrons. The fourth-order valence-corrected chi connectivity index (χ4v) is 4.11. The molecule has 0 bridgehead atoms. The van der Waals surface area contributed by atoms with Crippen LogP contribution < -0.4 is 0 Å². The van der Waals surface area contributed by atoms with Crippen LogP contribution in [0.1, 0.15) is 57.3 Å². The molecule has 1 aliphatic rings. The van der Waals surface area contributed by atoms with E-state index in [2.05, 4.69) is 21.7 Å². The molecule has 22 heavy (non-hydrogen) atoms. The van der Waals surface area contributed by atoms with Gasteiger partial charge in [-0.25, -0.2) is 0 Å². The first kappa shape index (κ1) is 17.3. The highest BCUT2D eigenvalue weighted by Crippen LogP contribution is 2.35. The number of hydrogen-bond acceptors (Lipinski definition) is 4. The van der Waals surface area contributed by atoms with Gasteiger partial charge in [-0.3, -0.25) is 4.79 Å². The molecule has 5 nitrogen and oxygen atoms in total. The summed E-state index contributed by atoms with van der Waals surface area (Å²) in [7, 11) is 3.61. The molecule has 2 atom stereocenters. The van der Waals surface area contributed by atoms with E-state index in [4.69, 9.17) is 0 Å². The van der Waals surface area contributed by atoms with Gasteiger partial charge in [0.2, 0.25) is 5.91 Å². The van der Waals surface area contributed by atoms with Crippen LogP contribution >= 0.6 is 11.8 Å². The summed E-state index contributed by atoms with van der Waals surface area (Å²) in [5.41, 5.74) is 0. The Morgan fingerprint density at radius 3 is 2.82 bits per heavy atom. The van der Waals surface area contributed by atoms with E-state index in [0.717, 1.165) is 29.1 Å². The average molecular weight is 324 g/mol. The minimum absolute atomic E-state index is 0.194. The number of nitrogens with zero attached hydrogens (tertiary/aromatic N) is 4. The Labute approximate surface area is 137 Å². The first-order chi connectivity index (χ1) is 10.5. The van der Waals surface area contributed by atoms with Crippen LogP contribution in [0.5, 0.6) is 0 Å². The summed E-state index contributed by atoms with van der Waals surface area (Å²) in [6.45, 7) is 4.39. The minimum atomic E-state index is 0.194. The van der Waals surface area contributed by atoms with Crippen molar-refractivity contribution in [1.82, 2.24) is 19.7 Å². The molecule has 1 heterocycles. The predicted molar refractivity (Wildman–Crippen MR) is 90.1 cm³/mol. The molecule has 1 fully saturated rings. The molecule has 0 N–H and O–H groups in total. The van der Waals surface area contributed by atoms with Gasteiger partial charge in [-0.15, -0.1) is 10.2 Å². The van der Waals surface area contributed by atoms with E-state index < -0.39 is 0 Å². The van der Waals surface area contributed by atoms with Crippen molar-refractivity contribution in [2.45, 2.75) is 63.6 Å². The minimum Gasteiger partial charge on any atom is -0.349 e. The molecule has 0 aliphatic heterocycles. The average Bonchev–Trinajstić information content (AvgIpc) is 2.84. The molecule has 0 aromatic carbocycles. The molecular formula is C16H28N4OS. The summed E-state index contributed by atoms with van der Waals surface area (Å²) in [4.78, 5) is 13.2. The number of hydrogen-bond donors (Lipinski definition) is 0. The van der Waals surface area contributed by atoms with Crippen molar-refractivity contribution in [2.24, 2.45) is 5.92 Å². The van der Waals surface area contributed by atoms with Gasteiger partial charge < -0.3 is 9.47 Å². The van der Waals surface area contributed by atoms with Crippen LogP contribution in [-0.2, 0) is 4.79 Å². The second kappa shape index (κ2) is 7.99. The van der Waals surface area contributed by atoms with E-state index in [9.17, 15) is 4.79 Å². The molecule has 0 spiro atoms. The Morgan fingerprint density at radius 2 is 2.14 bits per heavy atom. The van der Waals surface area contributed by atoms with Crippen LogP contribution in [0.15, 0.2) is 5.16 Å². The van der Waals surface area contributed by atoms with Crippen LogP contribution in [0.2, 0.25) is 0 Å². The van der Waals surface area contributed by atoms with Crippen molar-refractivity contribution in [3.63, 3.8) is 0 Å². The lowest BCUT2D eigenvalue weighted by Gasteiger charge is -2.29. The highest BCUT2D eigenvalue weighted by Gasteiger charge is 2.24. The third kappa shape index (κ3) is 4.48. The lowest BCUT2D eigenvalue weighted by Crippen LogP contribution is -2.21. The van der Waals surface area contributed by atoms with Gasteiger partial charge in [0.15, 0.2) is 5.16 Å². The van der Waals surface area contributed by atoms with Crippen molar-refractivity contribution in [3.05, 3.63) is 5.82 Å². The van der Waals surface area contributed by atoms with E-state index >= 15 is 0 Å². The third-order valence-corrected chi connectivity index (χ3v) is 5.40. The Hall–Kier alpha value is -1.04. The van der Waals surface area contributed by atoms with Crippen LogP contribution in [-0.4, -0.2) is 45.4 Å². The molecule has 1 saturated carbocycles. The molecule has 1 aromatic rings. The van der Waals surface area contributed by atoms with Gasteiger partial charge >= 0.3 is 0 Å². The predicted octanol–water partition coefficient (Wildman–Crippen LogP) is 3.30. The SMILES string of the molecule is Cc1nnc(SCCCC(=O)N(C)C)n1[C@H]1CCC[C@@H](C)C1. The lowest BCUT2D eigenvalue weighted by molar-refractivity contribution is -0.128. The standard InChI is InChI=1S/C16H28N4OS/c1-12-7-5-8-14(11-12)20-13(2)17-18-16(20)22-10-6-9-15(21)19(3)4/h12,14H,5-11H2,1-4H3/t12-,14+/m1/s1. The Balaban J connectivity index is 1.90. The van der Waals surface area contributed by atoms with Crippen molar-refractivity contribution < 1.29 is 4.79 Å². The monoisotopic (exact) mass is 324 g/mol. The zero-order valence-electron chi connectivity index (χ0n) is 14.2. The summed E-state index contributed by atoms with van der Waals surface area (Å²) < 4.78 is 2.33. The van der Waals surface area contributed by atoms with Crippen molar-refractivity contribution in [2.75, 3.05) is 19.8 Å². The largest absolute Gasteiger partial charge is 0.349 e. The fourth-order valence-electron chi connectivity index (χ4n) is 3.12. The van der Waals surface area contributed by atoms with Crippen LogP contribution in [0.4, 0.5) is 0 Å². The number of aromatic nitrogens is 3. The van der Waals surface area contributed by atoms with E-state index in [-0.39, 0.29) is 5.91 Å². The second-order valence-electron chi connectivity index (χ2n) is 6.57. The quantitative estimate of drug-likeness (QED) is 0.595. The van der Waals surface area contributed by atoms with Crippen molar-refractivity contribution in [1.29, 1.82) is 0 Å². The Morgan fingerprint density at radius 1 is 1.36 bits per heavy atom. The topological polar surface area (TPSA) is 51.0 Å². The van der Waals surface area contributed by atoms with Crippen LogP contribution in [0.3, 0.4) is 0 Å². The first-order valence-corrected chi connectivity index (χ1v) is 9.22. The molecule has 0 radical (unpaired) electrons. The lowest BCUT2D eigenvalue weighted by atomic mass is 9.87. The number of aryl methyl sites for hydroxylation is 1. The third-order valence-electron chi connectivity index (χ3n) is 4.37. The molecule has 6 heteroatoms. The van der Waals surface area contributed by atoms with E-state index in [1.54, 1.807) is 30.8 Å². The number of thioether (sulfide) groups is 1. The molecule has 1 aromatic heterocycles. The Kier molecular flexibility index (Phi) is 6.29. The van der Waals surface area contributed by atoms with Gasteiger partial charge in [0.1, 0.15) is 5.82 Å². The maximum absolute atomic E-state index is 11.6. The van der Waals surface area contributed by atoms with Gasteiger partial charge in [-0.1, -0.05) is 31.5 Å². The number of carbonyl (C=O) groups is 1. The van der Waals surface area contributed by atoms with E-state index in [1.807, 2.05) is 6.92 Å². The van der Waals surface area contributed by atoms with Crippen molar-refractivity contribution in [3.8, 4) is 0 Å². The number of carbonyl (C=O) groups excluding carboxylic acids is 1. The molecule has 0 saturated heterocycles. The first-order valence-electron chi connectivity index (χ1n) is 8.23. The zero-order valence-corrected chi connectivity index (χ0v) is 15.0. The van der Waals surface area contributed by atoms with Crippen LogP contribution in [0, 0.1) is 12.8 Å².